The summed E-state index contributed by atoms with van der Waals surface area (Å²) in [4.78, 5) is 17.4. The Balaban J connectivity index is 1.22. The Bertz CT molecular complexity index is 1080. The number of aryl methyl sites for hydroxylation is 2. The van der Waals surface area contributed by atoms with E-state index in [-0.39, 0.29) is 5.91 Å². The molecule has 0 bridgehead atoms. The molecule has 3 aromatic rings. The van der Waals surface area contributed by atoms with Gasteiger partial charge in [0.05, 0.1) is 5.69 Å². The number of carbonyl (C=O) groups is 1. The first-order valence-corrected chi connectivity index (χ1v) is 10.1. The fourth-order valence-corrected chi connectivity index (χ4v) is 4.09. The molecule has 0 saturated carbocycles. The van der Waals surface area contributed by atoms with Gasteiger partial charge in [-0.05, 0) is 35.9 Å². The van der Waals surface area contributed by atoms with Gasteiger partial charge in [0, 0.05) is 53.0 Å². The number of benzene rings is 1. The standard InChI is InChI=1S/C22H25N5O3/c1-24-7-3-4-18(24)17-13-19(25(2)23-17)22(28)27-10-8-26(9-11-27)14-16-5-6-20-21(12-16)30-15-29-20/h3-7,12-13H,8-11,14-15H2,1-2H3. The maximum atomic E-state index is 13.1. The maximum Gasteiger partial charge on any atom is 0.272 e. The van der Waals surface area contributed by atoms with Crippen LogP contribution in [0, 0.1) is 0 Å². The number of hydrogen-bond donors (Lipinski definition) is 0. The highest BCUT2D eigenvalue weighted by molar-refractivity contribution is 5.93. The van der Waals surface area contributed by atoms with Gasteiger partial charge < -0.3 is 18.9 Å². The molecule has 2 aliphatic rings. The van der Waals surface area contributed by atoms with Crippen LogP contribution in [0.1, 0.15) is 16.1 Å². The van der Waals surface area contributed by atoms with Gasteiger partial charge in [-0.15, -0.1) is 0 Å². The summed E-state index contributed by atoms with van der Waals surface area (Å²) in [6.45, 7) is 4.20. The Kier molecular flexibility index (Phi) is 4.71. The molecule has 30 heavy (non-hydrogen) atoms. The van der Waals surface area contributed by atoms with Crippen molar-refractivity contribution in [3.8, 4) is 22.9 Å². The minimum atomic E-state index is 0.0354. The van der Waals surface area contributed by atoms with Crippen LogP contribution in [0.15, 0.2) is 42.6 Å². The first kappa shape index (κ1) is 18.7. The van der Waals surface area contributed by atoms with Crippen molar-refractivity contribution in [2.45, 2.75) is 6.54 Å². The minimum absolute atomic E-state index is 0.0354. The molecule has 156 valence electrons. The van der Waals surface area contributed by atoms with Crippen molar-refractivity contribution >= 4 is 5.91 Å². The van der Waals surface area contributed by atoms with Gasteiger partial charge in [0.2, 0.25) is 6.79 Å². The van der Waals surface area contributed by atoms with Gasteiger partial charge in [0.1, 0.15) is 11.4 Å². The molecule has 0 aliphatic carbocycles. The van der Waals surface area contributed by atoms with Crippen LogP contribution in [0.3, 0.4) is 0 Å². The Labute approximate surface area is 175 Å². The van der Waals surface area contributed by atoms with Crippen molar-refractivity contribution < 1.29 is 14.3 Å². The van der Waals surface area contributed by atoms with E-state index in [9.17, 15) is 4.79 Å². The van der Waals surface area contributed by atoms with Gasteiger partial charge in [-0.25, -0.2) is 0 Å². The Morgan fingerprint density at radius 3 is 2.60 bits per heavy atom. The zero-order valence-electron chi connectivity index (χ0n) is 17.2. The molecule has 2 aromatic heterocycles. The molecule has 2 aliphatic heterocycles. The first-order valence-electron chi connectivity index (χ1n) is 10.1. The van der Waals surface area contributed by atoms with Crippen LogP contribution in [0.4, 0.5) is 0 Å². The number of rotatable bonds is 4. The number of aromatic nitrogens is 3. The van der Waals surface area contributed by atoms with E-state index in [2.05, 4.69) is 16.1 Å². The van der Waals surface area contributed by atoms with Crippen LogP contribution in [0.5, 0.6) is 11.5 Å². The molecule has 0 N–H and O–H groups in total. The second-order valence-electron chi connectivity index (χ2n) is 7.80. The highest BCUT2D eigenvalue weighted by atomic mass is 16.7. The predicted octanol–water partition coefficient (Wildman–Crippen LogP) is 2.11. The predicted molar refractivity (Wildman–Crippen MR) is 111 cm³/mol. The molecule has 0 radical (unpaired) electrons. The molecule has 0 unspecified atom stereocenters. The fourth-order valence-electron chi connectivity index (χ4n) is 4.09. The number of nitrogens with zero attached hydrogens (tertiary/aromatic N) is 5. The average Bonchev–Trinajstić information content (AvgIpc) is 3.47. The van der Waals surface area contributed by atoms with Crippen molar-refractivity contribution in [1.29, 1.82) is 0 Å². The molecule has 0 spiro atoms. The number of piperazine rings is 1. The van der Waals surface area contributed by atoms with Crippen molar-refractivity contribution in [2.24, 2.45) is 14.1 Å². The molecular weight excluding hydrogens is 382 g/mol. The largest absolute Gasteiger partial charge is 0.454 e. The highest BCUT2D eigenvalue weighted by Crippen LogP contribution is 2.33. The normalized spacial score (nSPS) is 16.3. The van der Waals surface area contributed by atoms with Gasteiger partial charge >= 0.3 is 0 Å². The Morgan fingerprint density at radius 2 is 1.83 bits per heavy atom. The van der Waals surface area contributed by atoms with Crippen LogP contribution in [-0.4, -0.2) is 63.0 Å². The third kappa shape index (κ3) is 3.43. The quantitative estimate of drug-likeness (QED) is 0.663. The topological polar surface area (TPSA) is 64.8 Å². The summed E-state index contributed by atoms with van der Waals surface area (Å²) in [6, 6.07) is 11.9. The van der Waals surface area contributed by atoms with Crippen LogP contribution >= 0.6 is 0 Å². The average molecular weight is 407 g/mol. The summed E-state index contributed by atoms with van der Waals surface area (Å²) in [5.74, 6) is 1.65. The lowest BCUT2D eigenvalue weighted by atomic mass is 10.1. The van der Waals surface area contributed by atoms with Crippen molar-refractivity contribution in [3.05, 3.63) is 53.9 Å². The summed E-state index contributed by atoms with van der Waals surface area (Å²) in [5.41, 5.74) is 3.63. The number of carbonyl (C=O) groups excluding carboxylic acids is 1. The molecule has 1 saturated heterocycles. The third-order valence-electron chi connectivity index (χ3n) is 5.81. The van der Waals surface area contributed by atoms with E-state index >= 15 is 0 Å². The summed E-state index contributed by atoms with van der Waals surface area (Å²) in [5, 5.41) is 4.54. The highest BCUT2D eigenvalue weighted by Gasteiger charge is 2.25. The van der Waals surface area contributed by atoms with E-state index in [0.29, 0.717) is 25.6 Å². The third-order valence-corrected chi connectivity index (χ3v) is 5.81. The van der Waals surface area contributed by atoms with Crippen LogP contribution < -0.4 is 9.47 Å². The minimum Gasteiger partial charge on any atom is -0.454 e. The fraction of sp³-hybridized carbons (Fsp3) is 0.364. The van der Waals surface area contributed by atoms with E-state index in [0.717, 1.165) is 42.5 Å². The van der Waals surface area contributed by atoms with E-state index in [4.69, 9.17) is 9.47 Å². The van der Waals surface area contributed by atoms with E-state index in [1.807, 2.05) is 60.1 Å². The van der Waals surface area contributed by atoms with Gasteiger partial charge in [0.25, 0.3) is 5.91 Å². The molecule has 1 amide bonds. The van der Waals surface area contributed by atoms with Crippen molar-refractivity contribution in [2.75, 3.05) is 33.0 Å². The molecule has 5 rings (SSSR count). The Morgan fingerprint density at radius 1 is 1.03 bits per heavy atom. The molecular formula is C22H25N5O3. The number of ether oxygens (including phenoxy) is 2. The van der Waals surface area contributed by atoms with Crippen LogP contribution in [0.25, 0.3) is 11.4 Å². The molecule has 4 heterocycles. The van der Waals surface area contributed by atoms with E-state index in [1.165, 1.54) is 5.56 Å². The van der Waals surface area contributed by atoms with Crippen LogP contribution in [0.2, 0.25) is 0 Å². The smallest absolute Gasteiger partial charge is 0.272 e. The van der Waals surface area contributed by atoms with Crippen molar-refractivity contribution in [1.82, 2.24) is 24.1 Å². The van der Waals surface area contributed by atoms with E-state index < -0.39 is 0 Å². The molecule has 8 nitrogen and oxygen atoms in total. The van der Waals surface area contributed by atoms with Gasteiger partial charge in [0.15, 0.2) is 11.5 Å². The second-order valence-corrected chi connectivity index (χ2v) is 7.80. The molecule has 0 atom stereocenters. The van der Waals surface area contributed by atoms with Crippen LogP contribution in [-0.2, 0) is 20.6 Å². The number of hydrogen-bond acceptors (Lipinski definition) is 5. The SMILES string of the molecule is Cn1cccc1-c1cc(C(=O)N2CCN(Cc3ccc4c(c3)OCO4)CC2)n(C)n1. The summed E-state index contributed by atoms with van der Waals surface area (Å²) < 4.78 is 14.5. The molecule has 8 heteroatoms. The first-order chi connectivity index (χ1) is 14.6. The monoisotopic (exact) mass is 407 g/mol. The second kappa shape index (κ2) is 7.53. The maximum absolute atomic E-state index is 13.1. The van der Waals surface area contributed by atoms with Gasteiger partial charge in [-0.3, -0.25) is 14.4 Å². The molecule has 1 fully saturated rings. The lowest BCUT2D eigenvalue weighted by Crippen LogP contribution is -2.48. The summed E-state index contributed by atoms with van der Waals surface area (Å²) >= 11 is 0. The summed E-state index contributed by atoms with van der Waals surface area (Å²) in [6.07, 6.45) is 1.98. The van der Waals surface area contributed by atoms with E-state index in [1.54, 1.807) is 4.68 Å². The van der Waals surface area contributed by atoms with Gasteiger partial charge in [-0.1, -0.05) is 6.07 Å². The van der Waals surface area contributed by atoms with Gasteiger partial charge in [-0.2, -0.15) is 5.10 Å². The molecule has 1 aromatic carbocycles. The van der Waals surface area contributed by atoms with Crippen molar-refractivity contribution in [3.63, 3.8) is 0 Å². The zero-order chi connectivity index (χ0) is 20.7. The lowest BCUT2D eigenvalue weighted by molar-refractivity contribution is 0.0617. The Hall–Kier alpha value is -3.26. The summed E-state index contributed by atoms with van der Waals surface area (Å²) in [7, 11) is 3.81. The number of fused-ring (bicyclic) bond motifs is 1. The lowest BCUT2D eigenvalue weighted by Gasteiger charge is -2.34. The number of amides is 1. The zero-order valence-corrected chi connectivity index (χ0v) is 17.2.